The monoisotopic (exact) mass is 411 g/mol. The Hall–Kier alpha value is -1.96. The van der Waals surface area contributed by atoms with Gasteiger partial charge in [0.05, 0.1) is 11.6 Å². The topological polar surface area (TPSA) is 94.3 Å². The molecule has 1 atom stereocenters. The number of thioether (sulfide) groups is 1. The molecule has 0 radical (unpaired) electrons. The first-order valence-corrected chi connectivity index (χ1v) is 9.48. The van der Waals surface area contributed by atoms with Gasteiger partial charge in [-0.2, -0.15) is 0 Å². The van der Waals surface area contributed by atoms with Crippen LogP contribution in [0.4, 0.5) is 5.82 Å². The predicted octanol–water partition coefficient (Wildman–Crippen LogP) is 3.31. The average molecular weight is 412 g/mol. The lowest BCUT2D eigenvalue weighted by molar-refractivity contribution is -0.112. The van der Waals surface area contributed by atoms with Crippen molar-refractivity contribution in [3.05, 3.63) is 51.6 Å². The Morgan fingerprint density at radius 2 is 2.12 bits per heavy atom. The minimum Gasteiger partial charge on any atom is -0.485 e. The number of aromatic nitrogens is 1. The number of carbonyl (C=O) groups excluding carboxylic acids is 2. The number of nitrogens with zero attached hydrogens (tertiary/aromatic N) is 1. The maximum absolute atomic E-state index is 12.3. The second kappa shape index (κ2) is 8.16. The van der Waals surface area contributed by atoms with Gasteiger partial charge in [0.2, 0.25) is 5.12 Å². The summed E-state index contributed by atoms with van der Waals surface area (Å²) >= 11 is 13.5. The number of anilines is 1. The Bertz CT molecular complexity index is 843. The number of nitrogens with one attached hydrogen (secondary N) is 1. The van der Waals surface area contributed by atoms with E-state index >= 15 is 0 Å². The third-order valence-electron chi connectivity index (χ3n) is 3.82. The van der Waals surface area contributed by atoms with E-state index in [9.17, 15) is 9.59 Å². The van der Waals surface area contributed by atoms with Crippen LogP contribution < -0.4 is 15.8 Å². The zero-order valence-corrected chi connectivity index (χ0v) is 15.8. The van der Waals surface area contributed by atoms with Gasteiger partial charge in [0.15, 0.2) is 11.6 Å². The van der Waals surface area contributed by atoms with Gasteiger partial charge in [-0.3, -0.25) is 9.59 Å². The van der Waals surface area contributed by atoms with Crippen molar-refractivity contribution >= 4 is 51.8 Å². The van der Waals surface area contributed by atoms with Gasteiger partial charge in [-0.1, -0.05) is 41.0 Å². The Kier molecular flexibility index (Phi) is 5.90. The highest BCUT2D eigenvalue weighted by Gasteiger charge is 2.27. The van der Waals surface area contributed by atoms with Crippen LogP contribution >= 0.6 is 35.0 Å². The Balaban J connectivity index is 1.73. The van der Waals surface area contributed by atoms with Crippen molar-refractivity contribution in [3.8, 4) is 5.75 Å². The van der Waals surface area contributed by atoms with Crippen LogP contribution in [0.1, 0.15) is 22.3 Å². The molecule has 0 spiro atoms. The molecule has 1 aliphatic rings. The molecule has 3 N–H and O–H groups in total. The number of ether oxygens (including phenoxy) is 1. The molecule has 2 heterocycles. The Morgan fingerprint density at radius 1 is 1.38 bits per heavy atom. The van der Waals surface area contributed by atoms with Gasteiger partial charge in [0, 0.05) is 27.6 Å². The molecule has 1 amide bonds. The van der Waals surface area contributed by atoms with E-state index in [2.05, 4.69) is 10.3 Å². The maximum Gasteiger partial charge on any atom is 0.253 e. The largest absolute Gasteiger partial charge is 0.485 e. The first kappa shape index (κ1) is 18.8. The van der Waals surface area contributed by atoms with E-state index in [1.54, 1.807) is 18.2 Å². The lowest BCUT2D eigenvalue weighted by atomic mass is 10.2. The van der Waals surface area contributed by atoms with Crippen molar-refractivity contribution < 1.29 is 14.3 Å². The number of rotatable bonds is 5. The first-order valence-electron chi connectivity index (χ1n) is 7.74. The number of nitrogens with two attached hydrogens (primary N) is 1. The quantitative estimate of drug-likeness (QED) is 0.783. The molecule has 2 aromatic rings. The third kappa shape index (κ3) is 4.23. The average Bonchev–Trinajstić information content (AvgIpc) is 3.00. The van der Waals surface area contributed by atoms with Crippen molar-refractivity contribution in [2.24, 2.45) is 0 Å². The molecule has 136 valence electrons. The van der Waals surface area contributed by atoms with Crippen molar-refractivity contribution in [2.45, 2.75) is 19.1 Å². The SMILES string of the molecule is Nc1ncc(C(=O)NC2CCSC2=O)cc1OCc1c(Cl)cccc1Cl. The second-order valence-electron chi connectivity index (χ2n) is 5.58. The summed E-state index contributed by atoms with van der Waals surface area (Å²) in [7, 11) is 0. The van der Waals surface area contributed by atoms with E-state index in [1.165, 1.54) is 24.0 Å². The Morgan fingerprint density at radius 3 is 2.77 bits per heavy atom. The van der Waals surface area contributed by atoms with Crippen molar-refractivity contribution in [1.29, 1.82) is 0 Å². The van der Waals surface area contributed by atoms with Gasteiger partial charge in [0.25, 0.3) is 5.91 Å². The van der Waals surface area contributed by atoms with Crippen LogP contribution in [0, 0.1) is 0 Å². The molecule has 9 heteroatoms. The minimum absolute atomic E-state index is 0.0356. The zero-order valence-electron chi connectivity index (χ0n) is 13.5. The zero-order chi connectivity index (χ0) is 18.7. The number of amides is 1. The van der Waals surface area contributed by atoms with E-state index in [0.717, 1.165) is 0 Å². The van der Waals surface area contributed by atoms with Crippen LogP contribution in [0.25, 0.3) is 0 Å². The number of nitrogen functional groups attached to an aromatic ring is 1. The molecule has 1 aromatic heterocycles. The van der Waals surface area contributed by atoms with E-state index in [1.807, 2.05) is 0 Å². The van der Waals surface area contributed by atoms with Crippen LogP contribution in [0.2, 0.25) is 10.0 Å². The number of pyridine rings is 1. The number of halogens is 2. The molecule has 1 fully saturated rings. The fourth-order valence-electron chi connectivity index (χ4n) is 2.38. The molecule has 3 rings (SSSR count). The number of benzene rings is 1. The molecule has 1 aromatic carbocycles. The number of hydrogen-bond acceptors (Lipinski definition) is 6. The number of hydrogen-bond donors (Lipinski definition) is 2. The van der Waals surface area contributed by atoms with E-state index < -0.39 is 11.9 Å². The predicted molar refractivity (Wildman–Crippen MR) is 103 cm³/mol. The summed E-state index contributed by atoms with van der Waals surface area (Å²) in [5.74, 6) is 0.674. The lowest BCUT2D eigenvalue weighted by Crippen LogP contribution is -2.37. The summed E-state index contributed by atoms with van der Waals surface area (Å²) in [6, 6.07) is 6.14. The van der Waals surface area contributed by atoms with E-state index in [4.69, 9.17) is 33.7 Å². The fourth-order valence-corrected chi connectivity index (χ4v) is 3.82. The maximum atomic E-state index is 12.3. The van der Waals surface area contributed by atoms with Crippen molar-refractivity contribution in [3.63, 3.8) is 0 Å². The Labute approximate surface area is 164 Å². The van der Waals surface area contributed by atoms with Crippen LogP contribution in [0.5, 0.6) is 5.75 Å². The highest BCUT2D eigenvalue weighted by atomic mass is 35.5. The lowest BCUT2D eigenvalue weighted by Gasteiger charge is -2.13. The van der Waals surface area contributed by atoms with Crippen LogP contribution in [0.3, 0.4) is 0 Å². The third-order valence-corrected chi connectivity index (χ3v) is 5.54. The summed E-state index contributed by atoms with van der Waals surface area (Å²) < 4.78 is 5.66. The van der Waals surface area contributed by atoms with E-state index in [0.29, 0.717) is 27.8 Å². The van der Waals surface area contributed by atoms with Gasteiger partial charge in [-0.15, -0.1) is 0 Å². The van der Waals surface area contributed by atoms with Gasteiger partial charge < -0.3 is 15.8 Å². The smallest absolute Gasteiger partial charge is 0.253 e. The second-order valence-corrected chi connectivity index (χ2v) is 7.49. The molecule has 0 saturated carbocycles. The van der Waals surface area contributed by atoms with Crippen molar-refractivity contribution in [1.82, 2.24) is 10.3 Å². The standard InChI is InChI=1S/C17H15Cl2N3O3S/c18-11-2-1-3-12(19)10(11)8-25-14-6-9(7-21-15(14)20)16(23)22-13-4-5-26-17(13)24/h1-3,6-7,13H,4-5,8H2,(H2,20,21)(H,22,23). The van der Waals surface area contributed by atoms with Crippen molar-refractivity contribution in [2.75, 3.05) is 11.5 Å². The summed E-state index contributed by atoms with van der Waals surface area (Å²) in [4.78, 5) is 28.0. The van der Waals surface area contributed by atoms with Crippen LogP contribution in [-0.4, -0.2) is 27.8 Å². The molecule has 1 saturated heterocycles. The fraction of sp³-hybridized carbons (Fsp3) is 0.235. The highest BCUT2D eigenvalue weighted by Crippen LogP contribution is 2.28. The van der Waals surface area contributed by atoms with Gasteiger partial charge in [0.1, 0.15) is 6.61 Å². The van der Waals surface area contributed by atoms with Crippen LogP contribution in [0.15, 0.2) is 30.5 Å². The summed E-state index contributed by atoms with van der Waals surface area (Å²) in [6.07, 6.45) is 1.96. The molecular weight excluding hydrogens is 397 g/mol. The highest BCUT2D eigenvalue weighted by molar-refractivity contribution is 8.14. The van der Waals surface area contributed by atoms with Gasteiger partial charge in [-0.25, -0.2) is 4.98 Å². The first-order chi connectivity index (χ1) is 12.5. The molecule has 1 unspecified atom stereocenters. The van der Waals surface area contributed by atoms with E-state index in [-0.39, 0.29) is 28.9 Å². The summed E-state index contributed by atoms with van der Waals surface area (Å²) in [5.41, 5.74) is 6.69. The van der Waals surface area contributed by atoms with Gasteiger partial charge in [-0.05, 0) is 24.6 Å². The molecule has 1 aliphatic heterocycles. The summed E-state index contributed by atoms with van der Waals surface area (Å²) in [6.45, 7) is 0.0766. The molecule has 0 bridgehead atoms. The number of carbonyl (C=O) groups is 2. The van der Waals surface area contributed by atoms with Crippen LogP contribution in [-0.2, 0) is 11.4 Å². The molecule has 0 aliphatic carbocycles. The summed E-state index contributed by atoms with van der Waals surface area (Å²) in [5, 5.41) is 3.60. The molecule has 26 heavy (non-hydrogen) atoms. The normalized spacial score (nSPS) is 16.5. The van der Waals surface area contributed by atoms with Gasteiger partial charge >= 0.3 is 0 Å². The molecular formula is C17H15Cl2N3O3S. The minimum atomic E-state index is -0.476. The molecule has 6 nitrogen and oxygen atoms in total.